The van der Waals surface area contributed by atoms with E-state index in [2.05, 4.69) is 10.0 Å². The van der Waals surface area contributed by atoms with Crippen LogP contribution in [0.3, 0.4) is 0 Å². The number of carbonyl (C=O) groups excluding carboxylic acids is 1. The van der Waals surface area contributed by atoms with Gasteiger partial charge < -0.3 is 10.1 Å². The number of nitrogens with one attached hydrogen (secondary N) is 2. The second kappa shape index (κ2) is 8.89. The molecule has 1 amide bonds. The highest BCUT2D eigenvalue weighted by Crippen LogP contribution is 2.25. The lowest BCUT2D eigenvalue weighted by atomic mass is 10.2. The Labute approximate surface area is 180 Å². The molecule has 0 aliphatic heterocycles. The average molecular weight is 443 g/mol. The molecule has 0 radical (unpaired) electrons. The Balaban J connectivity index is 1.35. The third kappa shape index (κ3) is 5.01. The van der Waals surface area contributed by atoms with Gasteiger partial charge in [-0.1, -0.05) is 6.07 Å². The Bertz CT molecular complexity index is 1090. The summed E-state index contributed by atoms with van der Waals surface area (Å²) in [6.45, 7) is 0. The topological polar surface area (TPSA) is 84.5 Å². The van der Waals surface area contributed by atoms with Crippen LogP contribution in [0.1, 0.15) is 36.0 Å². The van der Waals surface area contributed by atoms with E-state index >= 15 is 0 Å². The summed E-state index contributed by atoms with van der Waals surface area (Å²) in [5.41, 5.74) is 1.50. The van der Waals surface area contributed by atoms with E-state index in [1.807, 2.05) is 24.3 Å². The molecule has 2 aromatic carbocycles. The van der Waals surface area contributed by atoms with Gasteiger partial charge in [0.05, 0.1) is 6.10 Å². The standard InChI is InChI=1S/C22H22N2O4S2/c25-22(23-17-11-13-20(14-12-17)28-19-4-1-2-5-19)16-7-9-18(10-8-16)24-30(26,27)21-6-3-15-29-21/h3,6-15,19,24H,1-2,4-5H2,(H,23,25). The molecule has 1 aromatic heterocycles. The number of carbonyl (C=O) groups is 1. The molecular formula is C22H22N2O4S2. The third-order valence-corrected chi connectivity index (χ3v) is 7.66. The quantitative estimate of drug-likeness (QED) is 0.532. The van der Waals surface area contributed by atoms with E-state index in [9.17, 15) is 13.2 Å². The number of hydrogen-bond donors (Lipinski definition) is 2. The first-order valence-corrected chi connectivity index (χ1v) is 12.1. The molecule has 0 atom stereocenters. The van der Waals surface area contributed by atoms with Crippen LogP contribution in [0, 0.1) is 0 Å². The monoisotopic (exact) mass is 442 g/mol. The van der Waals surface area contributed by atoms with E-state index < -0.39 is 10.0 Å². The predicted molar refractivity (Wildman–Crippen MR) is 119 cm³/mol. The van der Waals surface area contributed by atoms with Gasteiger partial charge >= 0.3 is 0 Å². The van der Waals surface area contributed by atoms with Crippen LogP contribution in [0.2, 0.25) is 0 Å². The van der Waals surface area contributed by atoms with Gasteiger partial charge in [-0.2, -0.15) is 0 Å². The van der Waals surface area contributed by atoms with E-state index in [1.54, 1.807) is 41.8 Å². The number of rotatable bonds is 7. The molecule has 6 nitrogen and oxygen atoms in total. The Kier molecular flexibility index (Phi) is 6.06. The molecule has 0 unspecified atom stereocenters. The fraction of sp³-hybridized carbons (Fsp3) is 0.227. The summed E-state index contributed by atoms with van der Waals surface area (Å²) in [4.78, 5) is 12.5. The molecule has 0 saturated heterocycles. The Morgan fingerprint density at radius 2 is 1.60 bits per heavy atom. The number of anilines is 2. The summed E-state index contributed by atoms with van der Waals surface area (Å²) >= 11 is 1.14. The van der Waals surface area contributed by atoms with Crippen molar-refractivity contribution in [1.29, 1.82) is 0 Å². The minimum Gasteiger partial charge on any atom is -0.490 e. The highest BCUT2D eigenvalue weighted by atomic mass is 32.2. The SMILES string of the molecule is O=C(Nc1ccc(OC2CCCC2)cc1)c1ccc(NS(=O)(=O)c2cccs2)cc1. The van der Waals surface area contributed by atoms with Crippen molar-refractivity contribution in [3.8, 4) is 5.75 Å². The molecule has 1 fully saturated rings. The highest BCUT2D eigenvalue weighted by molar-refractivity contribution is 7.94. The number of amides is 1. The van der Waals surface area contributed by atoms with Crippen molar-refractivity contribution in [3.05, 3.63) is 71.6 Å². The first-order valence-electron chi connectivity index (χ1n) is 9.74. The average Bonchev–Trinajstić information content (AvgIpc) is 3.44. The molecule has 1 aliphatic rings. The van der Waals surface area contributed by atoms with Crippen LogP contribution in [0.15, 0.2) is 70.3 Å². The fourth-order valence-corrected chi connectivity index (χ4v) is 5.38. The number of thiophene rings is 1. The Morgan fingerprint density at radius 1 is 0.933 bits per heavy atom. The highest BCUT2D eigenvalue weighted by Gasteiger charge is 2.17. The largest absolute Gasteiger partial charge is 0.490 e. The van der Waals surface area contributed by atoms with Crippen LogP contribution in [0.5, 0.6) is 5.75 Å². The lowest BCUT2D eigenvalue weighted by Crippen LogP contribution is -2.14. The van der Waals surface area contributed by atoms with Gasteiger partial charge in [-0.25, -0.2) is 8.42 Å². The van der Waals surface area contributed by atoms with Gasteiger partial charge in [0.1, 0.15) is 9.96 Å². The summed E-state index contributed by atoms with van der Waals surface area (Å²) in [6.07, 6.45) is 4.91. The van der Waals surface area contributed by atoms with Crippen LogP contribution in [0.4, 0.5) is 11.4 Å². The molecule has 1 aliphatic carbocycles. The number of hydrogen-bond acceptors (Lipinski definition) is 5. The second-order valence-electron chi connectivity index (χ2n) is 7.12. The van der Waals surface area contributed by atoms with Gasteiger partial charge in [0, 0.05) is 16.9 Å². The van der Waals surface area contributed by atoms with Crippen LogP contribution >= 0.6 is 11.3 Å². The second-order valence-corrected chi connectivity index (χ2v) is 9.97. The van der Waals surface area contributed by atoms with E-state index in [-0.39, 0.29) is 10.1 Å². The summed E-state index contributed by atoms with van der Waals surface area (Å²) in [5, 5.41) is 4.54. The summed E-state index contributed by atoms with van der Waals surface area (Å²) in [6, 6.07) is 16.9. The third-order valence-electron chi connectivity index (χ3n) is 4.88. The van der Waals surface area contributed by atoms with E-state index in [0.29, 0.717) is 23.0 Å². The zero-order valence-corrected chi connectivity index (χ0v) is 17.8. The van der Waals surface area contributed by atoms with Gasteiger partial charge in [-0.05, 0) is 85.7 Å². The van der Waals surface area contributed by atoms with Crippen LogP contribution in [-0.2, 0) is 10.0 Å². The van der Waals surface area contributed by atoms with Crippen molar-refractivity contribution >= 4 is 38.6 Å². The zero-order chi connectivity index (χ0) is 21.0. The van der Waals surface area contributed by atoms with Gasteiger partial charge in [0.25, 0.3) is 15.9 Å². The van der Waals surface area contributed by atoms with Crippen molar-refractivity contribution in [3.63, 3.8) is 0 Å². The molecule has 0 bridgehead atoms. The van der Waals surface area contributed by atoms with Crippen LogP contribution in [-0.4, -0.2) is 20.4 Å². The van der Waals surface area contributed by atoms with Gasteiger partial charge in [0.15, 0.2) is 0 Å². The smallest absolute Gasteiger partial charge is 0.271 e. The molecular weight excluding hydrogens is 420 g/mol. The predicted octanol–water partition coefficient (Wildman–Crippen LogP) is 5.12. The van der Waals surface area contributed by atoms with Crippen molar-refractivity contribution in [2.45, 2.75) is 36.0 Å². The maximum Gasteiger partial charge on any atom is 0.271 e. The van der Waals surface area contributed by atoms with Crippen molar-refractivity contribution < 1.29 is 17.9 Å². The normalized spacial score (nSPS) is 14.4. The van der Waals surface area contributed by atoms with Crippen molar-refractivity contribution in [1.82, 2.24) is 0 Å². The van der Waals surface area contributed by atoms with Crippen LogP contribution in [0.25, 0.3) is 0 Å². The van der Waals surface area contributed by atoms with Crippen molar-refractivity contribution in [2.24, 2.45) is 0 Å². The molecule has 1 saturated carbocycles. The first kappa shape index (κ1) is 20.4. The van der Waals surface area contributed by atoms with E-state index in [0.717, 1.165) is 29.9 Å². The Hall–Kier alpha value is -2.84. The Morgan fingerprint density at radius 3 is 2.23 bits per heavy atom. The number of ether oxygens (including phenoxy) is 1. The molecule has 156 valence electrons. The zero-order valence-electron chi connectivity index (χ0n) is 16.2. The molecule has 30 heavy (non-hydrogen) atoms. The number of sulfonamides is 1. The first-order chi connectivity index (χ1) is 14.5. The summed E-state index contributed by atoms with van der Waals surface area (Å²) < 4.78 is 33.2. The maximum absolute atomic E-state index is 12.5. The lowest BCUT2D eigenvalue weighted by molar-refractivity contribution is 0.102. The van der Waals surface area contributed by atoms with E-state index in [4.69, 9.17) is 4.74 Å². The van der Waals surface area contributed by atoms with Gasteiger partial charge in [-0.3, -0.25) is 9.52 Å². The van der Waals surface area contributed by atoms with Crippen molar-refractivity contribution in [2.75, 3.05) is 10.0 Å². The molecule has 2 N–H and O–H groups in total. The van der Waals surface area contributed by atoms with E-state index in [1.165, 1.54) is 12.8 Å². The van der Waals surface area contributed by atoms with Gasteiger partial charge in [0.2, 0.25) is 0 Å². The maximum atomic E-state index is 12.5. The molecule has 0 spiro atoms. The fourth-order valence-electron chi connectivity index (χ4n) is 3.33. The lowest BCUT2D eigenvalue weighted by Gasteiger charge is -2.13. The molecule has 8 heteroatoms. The summed E-state index contributed by atoms with van der Waals surface area (Å²) in [5.74, 6) is 0.536. The van der Waals surface area contributed by atoms with Gasteiger partial charge in [-0.15, -0.1) is 11.3 Å². The molecule has 4 rings (SSSR count). The number of benzene rings is 2. The minimum atomic E-state index is -3.61. The minimum absolute atomic E-state index is 0.240. The van der Waals surface area contributed by atoms with Crippen LogP contribution < -0.4 is 14.8 Å². The molecule has 3 aromatic rings. The summed E-state index contributed by atoms with van der Waals surface area (Å²) in [7, 11) is -3.61. The molecule has 1 heterocycles.